The van der Waals surface area contributed by atoms with Gasteiger partial charge in [-0.1, -0.05) is 51.1 Å². The van der Waals surface area contributed by atoms with E-state index in [1.54, 1.807) is 11.6 Å². The van der Waals surface area contributed by atoms with Gasteiger partial charge in [-0.15, -0.1) is 0 Å². The largest absolute Gasteiger partial charge is 0.466 e. The lowest BCUT2D eigenvalue weighted by Gasteiger charge is -2.14. The second-order valence-corrected chi connectivity index (χ2v) is 8.17. The van der Waals surface area contributed by atoms with Gasteiger partial charge in [0.25, 0.3) is 0 Å². The van der Waals surface area contributed by atoms with Crippen LogP contribution >= 0.6 is 0 Å². The van der Waals surface area contributed by atoms with Crippen molar-refractivity contribution in [1.29, 1.82) is 0 Å². The number of carbonyl (C=O) groups excluding carboxylic acids is 2. The zero-order valence-electron chi connectivity index (χ0n) is 18.3. The fourth-order valence-corrected chi connectivity index (χ4v) is 2.97. The van der Waals surface area contributed by atoms with Crippen molar-refractivity contribution in [1.82, 2.24) is 9.78 Å². The third kappa shape index (κ3) is 5.94. The summed E-state index contributed by atoms with van der Waals surface area (Å²) in [6.45, 7) is 8.34. The molecular weight excluding hydrogens is 392 g/mol. The van der Waals surface area contributed by atoms with Crippen LogP contribution in [0.15, 0.2) is 60.7 Å². The van der Waals surface area contributed by atoms with Crippen LogP contribution in [0.1, 0.15) is 39.0 Å². The van der Waals surface area contributed by atoms with Crippen molar-refractivity contribution in [2.24, 2.45) is 0 Å². The Morgan fingerprint density at radius 3 is 2.29 bits per heavy atom. The summed E-state index contributed by atoms with van der Waals surface area (Å²) in [5.74, 6) is 0.292. The maximum atomic E-state index is 12.5. The van der Waals surface area contributed by atoms with Gasteiger partial charge in [0.2, 0.25) is 0 Å². The molecule has 0 aliphatic rings. The Labute approximate surface area is 182 Å². The minimum Gasteiger partial charge on any atom is -0.466 e. The number of hydrogen-bond donors (Lipinski definition) is 2. The molecule has 0 radical (unpaired) electrons. The molecule has 1 heterocycles. The van der Waals surface area contributed by atoms with Crippen LogP contribution in [0.4, 0.5) is 16.3 Å². The van der Waals surface area contributed by atoms with E-state index in [-0.39, 0.29) is 23.8 Å². The molecule has 0 aliphatic heterocycles. The number of amides is 2. The molecule has 3 rings (SSSR count). The van der Waals surface area contributed by atoms with E-state index in [1.165, 1.54) is 0 Å². The van der Waals surface area contributed by atoms with Crippen molar-refractivity contribution in [2.75, 3.05) is 17.2 Å². The van der Waals surface area contributed by atoms with Gasteiger partial charge in [-0.25, -0.2) is 9.48 Å². The van der Waals surface area contributed by atoms with Crippen LogP contribution in [0.3, 0.4) is 0 Å². The highest BCUT2D eigenvalue weighted by Crippen LogP contribution is 2.26. The van der Waals surface area contributed by atoms with E-state index >= 15 is 0 Å². The molecule has 162 valence electrons. The predicted octanol–water partition coefficient (Wildman–Crippen LogP) is 4.92. The van der Waals surface area contributed by atoms with Gasteiger partial charge >= 0.3 is 12.0 Å². The molecule has 3 aromatic rings. The van der Waals surface area contributed by atoms with Crippen molar-refractivity contribution in [2.45, 2.75) is 39.5 Å². The molecule has 31 heavy (non-hydrogen) atoms. The van der Waals surface area contributed by atoms with Crippen LogP contribution in [0.5, 0.6) is 0 Å². The number of para-hydroxylation sites is 1. The molecule has 2 N–H and O–H groups in total. The molecule has 0 fully saturated rings. The predicted molar refractivity (Wildman–Crippen MR) is 122 cm³/mol. The lowest BCUT2D eigenvalue weighted by Crippen LogP contribution is -2.21. The number of aromatic nitrogens is 2. The normalized spacial score (nSPS) is 11.1. The Kier molecular flexibility index (Phi) is 6.74. The highest BCUT2D eigenvalue weighted by molar-refractivity contribution is 5.99. The molecule has 0 saturated carbocycles. The summed E-state index contributed by atoms with van der Waals surface area (Å²) in [5, 5.41) is 10.4. The number of nitrogens with zero attached hydrogens (tertiary/aromatic N) is 2. The molecule has 2 aromatic carbocycles. The Bertz CT molecular complexity index is 1030. The Morgan fingerprint density at radius 1 is 1.00 bits per heavy atom. The summed E-state index contributed by atoms with van der Waals surface area (Å²) in [6, 6.07) is 18.2. The second kappa shape index (κ2) is 9.47. The SMILES string of the molecule is CCOC(=O)Cc1ccc(-n2nc(C(C)(C)C)cc2NC(=O)Nc2ccccc2)cc1. The Hall–Kier alpha value is -3.61. The highest BCUT2D eigenvalue weighted by atomic mass is 16.5. The van der Waals surface area contributed by atoms with E-state index in [0.29, 0.717) is 18.1 Å². The summed E-state index contributed by atoms with van der Waals surface area (Å²) in [5.41, 5.74) is 2.98. The van der Waals surface area contributed by atoms with Crippen molar-refractivity contribution in [3.63, 3.8) is 0 Å². The fourth-order valence-electron chi connectivity index (χ4n) is 2.97. The Balaban J connectivity index is 1.84. The van der Waals surface area contributed by atoms with Crippen molar-refractivity contribution in [3.8, 4) is 5.69 Å². The van der Waals surface area contributed by atoms with Crippen LogP contribution in [0.25, 0.3) is 5.69 Å². The van der Waals surface area contributed by atoms with E-state index in [0.717, 1.165) is 16.9 Å². The molecule has 0 saturated heterocycles. The number of nitrogens with one attached hydrogen (secondary N) is 2. The lowest BCUT2D eigenvalue weighted by molar-refractivity contribution is -0.142. The first-order chi connectivity index (χ1) is 14.8. The first-order valence-corrected chi connectivity index (χ1v) is 10.2. The van der Waals surface area contributed by atoms with Gasteiger partial charge in [0, 0.05) is 17.2 Å². The van der Waals surface area contributed by atoms with Crippen LogP contribution in [-0.2, 0) is 21.4 Å². The van der Waals surface area contributed by atoms with E-state index in [1.807, 2.05) is 60.7 Å². The maximum Gasteiger partial charge on any atom is 0.324 e. The standard InChI is InChI=1S/C24H28N4O3/c1-5-31-22(29)15-17-11-13-19(14-12-17)28-21(16-20(27-28)24(2,3)4)26-23(30)25-18-9-7-6-8-10-18/h6-14,16H,5,15H2,1-4H3,(H2,25,26,30). The van der Waals surface area contributed by atoms with Gasteiger partial charge in [0.05, 0.1) is 24.4 Å². The third-order valence-corrected chi connectivity index (χ3v) is 4.59. The van der Waals surface area contributed by atoms with Crippen LogP contribution in [-0.4, -0.2) is 28.4 Å². The number of benzene rings is 2. The average molecular weight is 421 g/mol. The van der Waals surface area contributed by atoms with Crippen molar-refractivity contribution < 1.29 is 14.3 Å². The van der Waals surface area contributed by atoms with E-state index < -0.39 is 0 Å². The molecular formula is C24H28N4O3. The number of ether oxygens (including phenoxy) is 1. The molecule has 0 aliphatic carbocycles. The fraction of sp³-hybridized carbons (Fsp3) is 0.292. The summed E-state index contributed by atoms with van der Waals surface area (Å²) in [7, 11) is 0. The number of anilines is 2. The minimum atomic E-state index is -0.355. The Morgan fingerprint density at radius 2 is 1.68 bits per heavy atom. The average Bonchev–Trinajstić information content (AvgIpc) is 3.13. The minimum absolute atomic E-state index is 0.193. The van der Waals surface area contributed by atoms with Gasteiger partial charge in [0.1, 0.15) is 5.82 Å². The van der Waals surface area contributed by atoms with Gasteiger partial charge in [-0.05, 0) is 36.8 Å². The van der Waals surface area contributed by atoms with Gasteiger partial charge in [0.15, 0.2) is 0 Å². The number of rotatable bonds is 6. The molecule has 0 spiro atoms. The first-order valence-electron chi connectivity index (χ1n) is 10.2. The maximum absolute atomic E-state index is 12.5. The van der Waals surface area contributed by atoms with E-state index in [4.69, 9.17) is 9.84 Å². The molecule has 2 amide bonds. The van der Waals surface area contributed by atoms with Gasteiger partial charge < -0.3 is 10.1 Å². The van der Waals surface area contributed by atoms with Crippen molar-refractivity contribution >= 4 is 23.5 Å². The number of hydrogen-bond acceptors (Lipinski definition) is 4. The highest BCUT2D eigenvalue weighted by Gasteiger charge is 2.21. The summed E-state index contributed by atoms with van der Waals surface area (Å²) in [4.78, 5) is 24.3. The van der Waals surface area contributed by atoms with E-state index in [2.05, 4.69) is 31.4 Å². The summed E-state index contributed by atoms with van der Waals surface area (Å²) >= 11 is 0. The zero-order chi connectivity index (χ0) is 22.4. The van der Waals surface area contributed by atoms with Crippen LogP contribution < -0.4 is 10.6 Å². The topological polar surface area (TPSA) is 85.2 Å². The van der Waals surface area contributed by atoms with Gasteiger partial charge in [-0.3, -0.25) is 10.1 Å². The number of esters is 1. The summed E-state index contributed by atoms with van der Waals surface area (Å²) < 4.78 is 6.70. The quantitative estimate of drug-likeness (QED) is 0.554. The number of carbonyl (C=O) groups is 2. The molecule has 0 bridgehead atoms. The first kappa shape index (κ1) is 22.1. The van der Waals surface area contributed by atoms with Crippen LogP contribution in [0.2, 0.25) is 0 Å². The van der Waals surface area contributed by atoms with Gasteiger partial charge in [-0.2, -0.15) is 5.10 Å². The van der Waals surface area contributed by atoms with E-state index in [9.17, 15) is 9.59 Å². The monoisotopic (exact) mass is 420 g/mol. The number of urea groups is 1. The zero-order valence-corrected chi connectivity index (χ0v) is 18.3. The lowest BCUT2D eigenvalue weighted by atomic mass is 9.92. The third-order valence-electron chi connectivity index (χ3n) is 4.59. The second-order valence-electron chi connectivity index (χ2n) is 8.17. The molecule has 1 aromatic heterocycles. The molecule has 0 atom stereocenters. The molecule has 7 heteroatoms. The summed E-state index contributed by atoms with van der Waals surface area (Å²) in [6.07, 6.45) is 0.213. The van der Waals surface area contributed by atoms with Crippen LogP contribution in [0, 0.1) is 0 Å². The molecule has 7 nitrogen and oxygen atoms in total. The molecule has 0 unspecified atom stereocenters. The smallest absolute Gasteiger partial charge is 0.324 e. The van der Waals surface area contributed by atoms with Crippen molar-refractivity contribution in [3.05, 3.63) is 71.9 Å².